The van der Waals surface area contributed by atoms with Gasteiger partial charge in [0, 0.05) is 6.42 Å². The minimum Gasteiger partial charge on any atom is -0.508 e. The van der Waals surface area contributed by atoms with Crippen LogP contribution < -0.4 is 8.92 Å². The Labute approximate surface area is 223 Å². The average Bonchev–Trinajstić information content (AvgIpc) is 2.87. The first-order valence-corrected chi connectivity index (χ1v) is 14.9. The lowest BCUT2D eigenvalue weighted by Crippen LogP contribution is -2.20. The number of carboxylic acid groups (broad SMARTS) is 1. The lowest BCUT2D eigenvalue weighted by atomic mass is 10.1. The topological polar surface area (TPSA) is 110 Å². The van der Waals surface area contributed by atoms with E-state index >= 15 is 0 Å². The highest BCUT2D eigenvalue weighted by molar-refractivity contribution is 8.00. The number of hydrogen-bond acceptors (Lipinski definition) is 7. The summed E-state index contributed by atoms with van der Waals surface area (Å²) in [6.45, 7) is 4.44. The summed E-state index contributed by atoms with van der Waals surface area (Å²) < 4.78 is 32.8. The van der Waals surface area contributed by atoms with Crippen molar-refractivity contribution in [3.05, 3.63) is 89.5 Å². The molecule has 0 aliphatic carbocycles. The van der Waals surface area contributed by atoms with Crippen LogP contribution in [0.4, 0.5) is 0 Å². The van der Waals surface area contributed by atoms with E-state index in [2.05, 4.69) is 0 Å². The smallest absolute Gasteiger partial charge is 0.316 e. The van der Waals surface area contributed by atoms with E-state index in [1.165, 1.54) is 23.9 Å². The Morgan fingerprint density at radius 2 is 1.35 bits per heavy atom. The lowest BCUT2D eigenvalue weighted by molar-refractivity contribution is -0.136. The summed E-state index contributed by atoms with van der Waals surface area (Å²) in [5, 5.41) is 18.4. The molecule has 0 aromatic heterocycles. The second-order valence-electron chi connectivity index (χ2n) is 7.99. The average molecular weight is 547 g/mol. The third-order valence-electron chi connectivity index (χ3n) is 5.10. The Hall–Kier alpha value is -3.17. The quantitative estimate of drug-likeness (QED) is 0.276. The molecule has 9 heteroatoms. The van der Waals surface area contributed by atoms with Crippen LogP contribution in [-0.4, -0.2) is 48.5 Å². The summed E-state index contributed by atoms with van der Waals surface area (Å²) in [6.07, 6.45) is 2.84. The fourth-order valence-corrected chi connectivity index (χ4v) is 4.86. The number of rotatable bonds is 13. The Morgan fingerprint density at radius 1 is 0.838 bits per heavy atom. The third-order valence-corrected chi connectivity index (χ3v) is 6.80. The van der Waals surface area contributed by atoms with Gasteiger partial charge in [0.15, 0.2) is 0 Å². The van der Waals surface area contributed by atoms with Crippen LogP contribution in [0.15, 0.2) is 72.8 Å². The van der Waals surface area contributed by atoms with Gasteiger partial charge in [-0.15, -0.1) is 11.8 Å². The standard InChI is InChI=1S/C26H28O7S2.C2H6/c1-35(30,31)33-24-12-10-23(11-13-24)32-16-14-19-2-4-21(5-3-19)18-25(26(28)29)34-17-15-20-6-8-22(27)9-7-20;1-2/h2-13,25,27H,14-18H2,1H3,(H,28,29);1-2H3. The number of aromatic hydroxyl groups is 1. The first kappa shape index (κ1) is 30.1. The van der Waals surface area contributed by atoms with Crippen molar-refractivity contribution in [3.63, 3.8) is 0 Å². The highest BCUT2D eigenvalue weighted by Gasteiger charge is 2.18. The number of carbonyl (C=O) groups is 1. The molecule has 0 spiro atoms. The molecule has 3 aromatic rings. The summed E-state index contributed by atoms with van der Waals surface area (Å²) in [7, 11) is -3.56. The highest BCUT2D eigenvalue weighted by atomic mass is 32.2. The Balaban J connectivity index is 0.00000235. The van der Waals surface area contributed by atoms with Crippen molar-refractivity contribution in [2.45, 2.75) is 38.4 Å². The van der Waals surface area contributed by atoms with Gasteiger partial charge in [-0.1, -0.05) is 50.2 Å². The molecule has 7 nitrogen and oxygen atoms in total. The van der Waals surface area contributed by atoms with Crippen LogP contribution in [0.5, 0.6) is 17.2 Å². The van der Waals surface area contributed by atoms with Gasteiger partial charge >= 0.3 is 16.1 Å². The van der Waals surface area contributed by atoms with E-state index in [1.807, 2.05) is 50.2 Å². The molecule has 3 rings (SSSR count). The van der Waals surface area contributed by atoms with E-state index in [-0.39, 0.29) is 11.5 Å². The van der Waals surface area contributed by atoms with E-state index < -0.39 is 21.3 Å². The predicted molar refractivity (Wildman–Crippen MR) is 148 cm³/mol. The van der Waals surface area contributed by atoms with E-state index in [0.717, 1.165) is 29.4 Å². The Bertz CT molecular complexity index is 1190. The number of benzene rings is 3. The second-order valence-corrected chi connectivity index (χ2v) is 10.9. The molecule has 0 amide bonds. The maximum Gasteiger partial charge on any atom is 0.316 e. The molecule has 0 fully saturated rings. The van der Waals surface area contributed by atoms with E-state index in [4.69, 9.17) is 8.92 Å². The van der Waals surface area contributed by atoms with Gasteiger partial charge in [-0.2, -0.15) is 8.42 Å². The second kappa shape index (κ2) is 15.2. The molecule has 1 atom stereocenters. The number of thioether (sulfide) groups is 1. The summed E-state index contributed by atoms with van der Waals surface area (Å²) >= 11 is 1.42. The van der Waals surface area contributed by atoms with Crippen molar-refractivity contribution < 1.29 is 32.3 Å². The van der Waals surface area contributed by atoms with Crippen LogP contribution in [0, 0.1) is 0 Å². The van der Waals surface area contributed by atoms with Gasteiger partial charge < -0.3 is 19.1 Å². The fourth-order valence-electron chi connectivity index (χ4n) is 3.31. The predicted octanol–water partition coefficient (Wildman–Crippen LogP) is 5.35. The van der Waals surface area contributed by atoms with E-state index in [9.17, 15) is 23.4 Å². The summed E-state index contributed by atoms with van der Waals surface area (Å²) in [5.41, 5.74) is 3.09. The van der Waals surface area contributed by atoms with Gasteiger partial charge in [-0.3, -0.25) is 4.79 Å². The highest BCUT2D eigenvalue weighted by Crippen LogP contribution is 2.21. The van der Waals surface area contributed by atoms with Gasteiger partial charge in [-0.25, -0.2) is 0 Å². The monoisotopic (exact) mass is 546 g/mol. The largest absolute Gasteiger partial charge is 0.508 e. The van der Waals surface area contributed by atoms with Crippen LogP contribution in [0.1, 0.15) is 30.5 Å². The van der Waals surface area contributed by atoms with Crippen LogP contribution in [0.2, 0.25) is 0 Å². The minimum absolute atomic E-state index is 0.218. The normalized spacial score (nSPS) is 11.6. The van der Waals surface area contributed by atoms with Crippen molar-refractivity contribution >= 4 is 27.8 Å². The van der Waals surface area contributed by atoms with Crippen molar-refractivity contribution in [1.82, 2.24) is 0 Å². The molecular weight excluding hydrogens is 512 g/mol. The molecule has 0 aliphatic heterocycles. The molecule has 0 heterocycles. The molecular formula is C28H34O7S2. The summed E-state index contributed by atoms with van der Waals surface area (Å²) in [4.78, 5) is 11.7. The molecule has 0 saturated carbocycles. The zero-order valence-corrected chi connectivity index (χ0v) is 22.9. The SMILES string of the molecule is CC.CS(=O)(=O)Oc1ccc(OCCc2ccc(CC(SCCc3ccc(O)cc3)C(=O)O)cc2)cc1. The summed E-state index contributed by atoms with van der Waals surface area (Å²) in [5.74, 6) is 0.907. The number of phenols is 1. The number of aliphatic carboxylic acids is 1. The molecule has 0 radical (unpaired) electrons. The van der Waals surface area contributed by atoms with Gasteiger partial charge in [-0.05, 0) is 71.7 Å². The maximum absolute atomic E-state index is 11.7. The number of aryl methyl sites for hydroxylation is 1. The number of phenolic OH excluding ortho intramolecular Hbond substituents is 1. The molecule has 0 saturated heterocycles. The zero-order valence-electron chi connectivity index (χ0n) is 21.3. The third kappa shape index (κ3) is 11.6. The molecule has 0 bridgehead atoms. The van der Waals surface area contributed by atoms with Crippen molar-refractivity contribution in [2.24, 2.45) is 0 Å². The first-order chi connectivity index (χ1) is 17.7. The number of hydrogen-bond donors (Lipinski definition) is 2. The fraction of sp³-hybridized carbons (Fsp3) is 0.321. The molecule has 3 aromatic carbocycles. The molecule has 37 heavy (non-hydrogen) atoms. The van der Waals surface area contributed by atoms with Crippen LogP contribution in [0.3, 0.4) is 0 Å². The van der Waals surface area contributed by atoms with E-state index in [1.54, 1.807) is 24.3 Å². The Kier molecular flexibility index (Phi) is 12.3. The maximum atomic E-state index is 11.7. The van der Waals surface area contributed by atoms with Gasteiger partial charge in [0.2, 0.25) is 0 Å². The Morgan fingerprint density at radius 3 is 1.92 bits per heavy atom. The minimum atomic E-state index is -3.56. The van der Waals surface area contributed by atoms with Crippen LogP contribution in [0.25, 0.3) is 0 Å². The lowest BCUT2D eigenvalue weighted by Gasteiger charge is -2.13. The number of carboxylic acids is 1. The van der Waals surface area contributed by atoms with Gasteiger partial charge in [0.05, 0.1) is 12.9 Å². The molecule has 2 N–H and O–H groups in total. The van der Waals surface area contributed by atoms with Gasteiger partial charge in [0.1, 0.15) is 22.5 Å². The van der Waals surface area contributed by atoms with Crippen LogP contribution >= 0.6 is 11.8 Å². The van der Waals surface area contributed by atoms with Crippen molar-refractivity contribution in [3.8, 4) is 17.2 Å². The number of ether oxygens (including phenoxy) is 1. The first-order valence-electron chi connectivity index (χ1n) is 12.0. The zero-order chi connectivity index (χ0) is 27.3. The molecule has 1 unspecified atom stereocenters. The summed E-state index contributed by atoms with van der Waals surface area (Å²) in [6, 6.07) is 21.2. The van der Waals surface area contributed by atoms with Gasteiger partial charge in [0.25, 0.3) is 0 Å². The van der Waals surface area contributed by atoms with Crippen LogP contribution in [-0.2, 0) is 34.2 Å². The van der Waals surface area contributed by atoms with E-state index in [0.29, 0.717) is 31.0 Å². The molecule has 200 valence electrons. The molecule has 0 aliphatic rings. The van der Waals surface area contributed by atoms with Crippen molar-refractivity contribution in [1.29, 1.82) is 0 Å². The van der Waals surface area contributed by atoms with Crippen molar-refractivity contribution in [2.75, 3.05) is 18.6 Å².